The highest BCUT2D eigenvalue weighted by Crippen LogP contribution is 2.31. The number of hydrogen-bond donors (Lipinski definition) is 1. The van der Waals surface area contributed by atoms with Gasteiger partial charge in [0.25, 0.3) is 9.05 Å². The van der Waals surface area contributed by atoms with Crippen molar-refractivity contribution in [3.05, 3.63) is 23.0 Å². The molecular weight excluding hydrogens is 242 g/mol. The van der Waals surface area contributed by atoms with E-state index < -0.39 is 25.5 Å². The van der Waals surface area contributed by atoms with Crippen LogP contribution in [0.5, 0.6) is 5.75 Å². The summed E-state index contributed by atoms with van der Waals surface area (Å²) in [6.45, 7) is 0. The van der Waals surface area contributed by atoms with Gasteiger partial charge in [0.05, 0.1) is 5.02 Å². The minimum atomic E-state index is -4.19. The number of hydrogen-bond acceptors (Lipinski definition) is 3. The van der Waals surface area contributed by atoms with Crippen LogP contribution >= 0.6 is 22.3 Å². The van der Waals surface area contributed by atoms with E-state index in [0.717, 1.165) is 12.1 Å². The first-order valence-corrected chi connectivity index (χ1v) is 5.64. The summed E-state index contributed by atoms with van der Waals surface area (Å²) in [5.41, 5.74) is 0. The third-order valence-corrected chi connectivity index (χ3v) is 2.94. The molecule has 0 atom stereocenters. The first-order valence-electron chi connectivity index (χ1n) is 2.95. The summed E-state index contributed by atoms with van der Waals surface area (Å²) in [4.78, 5) is -0.795. The maximum absolute atomic E-state index is 13.0. The Kier molecular flexibility index (Phi) is 2.70. The fraction of sp³-hybridized carbons (Fsp3) is 0. The van der Waals surface area contributed by atoms with E-state index in [2.05, 4.69) is 0 Å². The second-order valence-corrected chi connectivity index (χ2v) is 5.09. The van der Waals surface area contributed by atoms with Gasteiger partial charge in [-0.1, -0.05) is 11.6 Å². The number of halogens is 3. The van der Waals surface area contributed by atoms with Crippen LogP contribution in [0.1, 0.15) is 0 Å². The summed E-state index contributed by atoms with van der Waals surface area (Å²) < 4.78 is 34.3. The number of aromatic hydroxyl groups is 1. The number of phenols is 1. The highest BCUT2D eigenvalue weighted by atomic mass is 35.7. The van der Waals surface area contributed by atoms with Crippen molar-refractivity contribution >= 4 is 31.3 Å². The van der Waals surface area contributed by atoms with Gasteiger partial charge in [0.2, 0.25) is 0 Å². The predicted molar refractivity (Wildman–Crippen MR) is 46.1 cm³/mol. The van der Waals surface area contributed by atoms with E-state index in [1.807, 2.05) is 0 Å². The summed E-state index contributed by atoms with van der Waals surface area (Å²) in [6.07, 6.45) is 0. The predicted octanol–water partition coefficient (Wildman–Crippen LogP) is 2.11. The van der Waals surface area contributed by atoms with Crippen molar-refractivity contribution < 1.29 is 17.9 Å². The van der Waals surface area contributed by atoms with Crippen molar-refractivity contribution in [3.8, 4) is 5.75 Å². The SMILES string of the molecule is O=S(=O)(Cl)c1ccc(Cl)c(O)c1F. The van der Waals surface area contributed by atoms with Gasteiger partial charge in [-0.25, -0.2) is 12.8 Å². The van der Waals surface area contributed by atoms with Gasteiger partial charge in [0, 0.05) is 10.7 Å². The van der Waals surface area contributed by atoms with E-state index in [1.165, 1.54) is 0 Å². The van der Waals surface area contributed by atoms with Crippen molar-refractivity contribution in [1.29, 1.82) is 0 Å². The summed E-state index contributed by atoms with van der Waals surface area (Å²) in [5, 5.41) is 8.64. The van der Waals surface area contributed by atoms with Crippen LogP contribution in [-0.4, -0.2) is 13.5 Å². The molecule has 1 N–H and O–H groups in total. The Morgan fingerprint density at radius 3 is 2.38 bits per heavy atom. The standard InChI is InChI=1S/C6H3Cl2FO3S/c7-3-1-2-4(13(8,11)12)5(9)6(3)10/h1-2,10H. The summed E-state index contributed by atoms with van der Waals surface area (Å²) in [5.74, 6) is -2.27. The van der Waals surface area contributed by atoms with E-state index in [9.17, 15) is 12.8 Å². The Morgan fingerprint density at radius 1 is 1.38 bits per heavy atom. The minimum absolute atomic E-state index is 0.276. The molecule has 1 aromatic carbocycles. The second kappa shape index (κ2) is 3.32. The number of rotatable bonds is 1. The lowest BCUT2D eigenvalue weighted by atomic mass is 10.3. The summed E-state index contributed by atoms with van der Waals surface area (Å²) in [6, 6.07) is 1.91. The molecule has 0 bridgehead atoms. The lowest BCUT2D eigenvalue weighted by molar-refractivity contribution is 0.423. The average molecular weight is 245 g/mol. The zero-order chi connectivity index (χ0) is 10.2. The molecular formula is C6H3Cl2FO3S. The molecule has 0 amide bonds. The molecule has 13 heavy (non-hydrogen) atoms. The molecule has 0 saturated carbocycles. The van der Waals surface area contributed by atoms with Crippen molar-refractivity contribution in [2.45, 2.75) is 4.90 Å². The van der Waals surface area contributed by atoms with Gasteiger partial charge in [-0.3, -0.25) is 0 Å². The molecule has 0 fully saturated rings. The minimum Gasteiger partial charge on any atom is -0.504 e. The van der Waals surface area contributed by atoms with Crippen LogP contribution in [0.2, 0.25) is 5.02 Å². The Morgan fingerprint density at radius 2 is 1.92 bits per heavy atom. The largest absolute Gasteiger partial charge is 0.504 e. The molecule has 0 radical (unpaired) electrons. The molecule has 7 heteroatoms. The molecule has 72 valence electrons. The number of benzene rings is 1. The Bertz CT molecular complexity index is 443. The van der Waals surface area contributed by atoms with Crippen LogP contribution in [0.4, 0.5) is 4.39 Å². The molecule has 3 nitrogen and oxygen atoms in total. The van der Waals surface area contributed by atoms with Crippen LogP contribution in [0, 0.1) is 5.82 Å². The lowest BCUT2D eigenvalue weighted by Gasteiger charge is -2.01. The van der Waals surface area contributed by atoms with E-state index >= 15 is 0 Å². The van der Waals surface area contributed by atoms with Crippen LogP contribution in [0.25, 0.3) is 0 Å². The van der Waals surface area contributed by atoms with Crippen molar-refractivity contribution in [2.75, 3.05) is 0 Å². The second-order valence-electron chi connectivity index (χ2n) is 2.15. The highest BCUT2D eigenvalue weighted by Gasteiger charge is 2.20. The molecule has 0 saturated heterocycles. The normalized spacial score (nSPS) is 11.6. The van der Waals surface area contributed by atoms with E-state index in [1.54, 1.807) is 0 Å². The molecule has 0 spiro atoms. The molecule has 0 aliphatic heterocycles. The van der Waals surface area contributed by atoms with Crippen molar-refractivity contribution in [1.82, 2.24) is 0 Å². The molecule has 0 heterocycles. The Balaban J connectivity index is 3.53. The zero-order valence-corrected chi connectivity index (χ0v) is 8.29. The average Bonchev–Trinajstić information content (AvgIpc) is 1.98. The Hall–Kier alpha value is -0.520. The van der Waals surface area contributed by atoms with Gasteiger partial charge in [0.1, 0.15) is 4.90 Å². The van der Waals surface area contributed by atoms with Gasteiger partial charge in [-0.2, -0.15) is 0 Å². The summed E-state index contributed by atoms with van der Waals surface area (Å²) >= 11 is 5.31. The maximum atomic E-state index is 13.0. The molecule has 1 aromatic rings. The fourth-order valence-corrected chi connectivity index (χ4v) is 1.76. The summed E-state index contributed by atoms with van der Waals surface area (Å²) in [7, 11) is 0.672. The zero-order valence-electron chi connectivity index (χ0n) is 5.96. The highest BCUT2D eigenvalue weighted by molar-refractivity contribution is 8.13. The third kappa shape index (κ3) is 2.04. The topological polar surface area (TPSA) is 54.4 Å². The van der Waals surface area contributed by atoms with Crippen LogP contribution < -0.4 is 0 Å². The third-order valence-electron chi connectivity index (χ3n) is 1.29. The number of phenolic OH excluding ortho intramolecular Hbond substituents is 1. The first kappa shape index (κ1) is 10.6. The van der Waals surface area contributed by atoms with Gasteiger partial charge < -0.3 is 5.11 Å². The fourth-order valence-electron chi connectivity index (χ4n) is 0.711. The molecule has 0 aliphatic carbocycles. The van der Waals surface area contributed by atoms with Crippen LogP contribution in [0.3, 0.4) is 0 Å². The van der Waals surface area contributed by atoms with E-state index in [4.69, 9.17) is 27.4 Å². The van der Waals surface area contributed by atoms with E-state index in [0.29, 0.717) is 0 Å². The van der Waals surface area contributed by atoms with Crippen molar-refractivity contribution in [2.24, 2.45) is 0 Å². The van der Waals surface area contributed by atoms with Gasteiger partial charge in [-0.15, -0.1) is 0 Å². The Labute approximate surface area is 83.1 Å². The molecule has 1 rings (SSSR count). The van der Waals surface area contributed by atoms with Gasteiger partial charge >= 0.3 is 0 Å². The smallest absolute Gasteiger partial charge is 0.264 e. The maximum Gasteiger partial charge on any atom is 0.264 e. The monoisotopic (exact) mass is 244 g/mol. The quantitative estimate of drug-likeness (QED) is 0.771. The lowest BCUT2D eigenvalue weighted by Crippen LogP contribution is -1.95. The van der Waals surface area contributed by atoms with Crippen molar-refractivity contribution in [3.63, 3.8) is 0 Å². The van der Waals surface area contributed by atoms with E-state index in [-0.39, 0.29) is 5.02 Å². The van der Waals surface area contributed by atoms with Gasteiger partial charge in [0.15, 0.2) is 11.6 Å². The molecule has 0 aliphatic rings. The van der Waals surface area contributed by atoms with Crippen LogP contribution in [0.15, 0.2) is 17.0 Å². The van der Waals surface area contributed by atoms with Crippen LogP contribution in [-0.2, 0) is 9.05 Å². The molecule has 0 aromatic heterocycles. The first-order chi connectivity index (χ1) is 5.84. The molecule has 0 unspecified atom stereocenters. The van der Waals surface area contributed by atoms with Gasteiger partial charge in [-0.05, 0) is 12.1 Å².